The van der Waals surface area contributed by atoms with Crippen molar-refractivity contribution in [3.63, 3.8) is 0 Å². The zero-order valence-corrected chi connectivity index (χ0v) is 16.7. The van der Waals surface area contributed by atoms with Crippen LogP contribution in [-0.2, 0) is 0 Å². The average molecular weight is 352 g/mol. The van der Waals surface area contributed by atoms with Crippen molar-refractivity contribution in [2.45, 2.75) is 90.0 Å². The molecule has 0 unspecified atom stereocenters. The molecule has 2 N–H and O–H groups in total. The molecule has 0 spiro atoms. The molecule has 4 heteroatoms. The van der Waals surface area contributed by atoms with Crippen molar-refractivity contribution in [3.8, 4) is 0 Å². The summed E-state index contributed by atoms with van der Waals surface area (Å²) < 4.78 is 0.929. The molecule has 0 rings (SSSR count). The molecule has 0 aliphatic rings. The van der Waals surface area contributed by atoms with E-state index in [1.165, 1.54) is 64.2 Å². The Labute approximate surface area is 151 Å². The first-order valence-electron chi connectivity index (χ1n) is 9.62. The molecule has 0 aromatic heterocycles. The lowest BCUT2D eigenvalue weighted by Crippen LogP contribution is -3.00. The van der Waals surface area contributed by atoms with Gasteiger partial charge in [0.25, 0.3) is 0 Å². The summed E-state index contributed by atoms with van der Waals surface area (Å²) in [7, 11) is 4.48. The number of hydrogen-bond acceptors (Lipinski definition) is 2. The van der Waals surface area contributed by atoms with Crippen LogP contribution in [0, 0.1) is 0 Å². The molecule has 0 radical (unpaired) electrons. The Kier molecular flexibility index (Phi) is 18.8. The van der Waals surface area contributed by atoms with Gasteiger partial charge in [0.1, 0.15) is 0 Å². The third kappa shape index (κ3) is 14.2. The van der Waals surface area contributed by atoms with Gasteiger partial charge in [0, 0.05) is 26.1 Å². The molecule has 0 aliphatic heterocycles. The zero-order chi connectivity index (χ0) is 16.7. The maximum absolute atomic E-state index is 9.18. The second-order valence-electron chi connectivity index (χ2n) is 7.36. The summed E-state index contributed by atoms with van der Waals surface area (Å²) in [5.74, 6) is 0. The van der Waals surface area contributed by atoms with Crippen molar-refractivity contribution >= 4 is 0 Å². The molecule has 142 valence electrons. The van der Waals surface area contributed by atoms with Gasteiger partial charge < -0.3 is 27.1 Å². The van der Waals surface area contributed by atoms with Crippen LogP contribution < -0.4 is 12.4 Å². The van der Waals surface area contributed by atoms with Crippen molar-refractivity contribution < 1.29 is 27.1 Å². The van der Waals surface area contributed by atoms with E-state index in [1.807, 2.05) is 0 Å². The van der Waals surface area contributed by atoms with Crippen LogP contribution in [0.25, 0.3) is 0 Å². The lowest BCUT2D eigenvalue weighted by atomic mass is 10.0. The Morgan fingerprint density at radius 3 is 1.48 bits per heavy atom. The lowest BCUT2D eigenvalue weighted by molar-refractivity contribution is -0.916. The van der Waals surface area contributed by atoms with Gasteiger partial charge in [-0.2, -0.15) is 0 Å². The van der Waals surface area contributed by atoms with Gasteiger partial charge in [-0.15, -0.1) is 0 Å². The van der Waals surface area contributed by atoms with E-state index in [1.54, 1.807) is 0 Å². The zero-order valence-electron chi connectivity index (χ0n) is 15.9. The standard InChI is InChI=1S/C19H42NO2.ClH/c1-4-5-6-7-8-9-10-11-12-13-16-20(2,3)19(14-17-21)15-18-22;/h19,21-22H,4-18H2,1-3H3;1H/q+1;/p-1. The molecular formula is C19H42ClNO2. The van der Waals surface area contributed by atoms with Crippen LogP contribution in [0.4, 0.5) is 0 Å². The largest absolute Gasteiger partial charge is 1.00 e. The molecule has 0 aliphatic carbocycles. The van der Waals surface area contributed by atoms with Gasteiger partial charge in [-0.25, -0.2) is 0 Å². The predicted octanol–water partition coefficient (Wildman–Crippen LogP) is 1.12. The van der Waals surface area contributed by atoms with Crippen LogP contribution in [0.2, 0.25) is 0 Å². The maximum Gasteiger partial charge on any atom is 0.0930 e. The van der Waals surface area contributed by atoms with E-state index in [4.69, 9.17) is 0 Å². The number of halogens is 1. The molecule has 0 aromatic rings. The quantitative estimate of drug-likeness (QED) is 0.323. The molecule has 0 saturated heterocycles. The second kappa shape index (κ2) is 17.0. The topological polar surface area (TPSA) is 40.5 Å². The fourth-order valence-electron chi connectivity index (χ4n) is 3.33. The predicted molar refractivity (Wildman–Crippen MR) is 96.0 cm³/mol. The Bertz CT molecular complexity index is 231. The summed E-state index contributed by atoms with van der Waals surface area (Å²) in [4.78, 5) is 0. The molecule has 23 heavy (non-hydrogen) atoms. The Hall–Kier alpha value is 0.170. The molecule has 0 fully saturated rings. The van der Waals surface area contributed by atoms with Crippen molar-refractivity contribution in [2.75, 3.05) is 33.9 Å². The normalized spacial score (nSPS) is 11.7. The van der Waals surface area contributed by atoms with Crippen molar-refractivity contribution in [1.82, 2.24) is 0 Å². The van der Waals surface area contributed by atoms with Crippen LogP contribution >= 0.6 is 0 Å². The van der Waals surface area contributed by atoms with Crippen molar-refractivity contribution in [3.05, 3.63) is 0 Å². The Morgan fingerprint density at radius 2 is 1.09 bits per heavy atom. The van der Waals surface area contributed by atoms with Gasteiger partial charge in [0.05, 0.1) is 26.7 Å². The van der Waals surface area contributed by atoms with Crippen molar-refractivity contribution in [2.24, 2.45) is 0 Å². The number of hydrogen-bond donors (Lipinski definition) is 2. The highest BCUT2D eigenvalue weighted by Gasteiger charge is 2.26. The van der Waals surface area contributed by atoms with Crippen LogP contribution in [-0.4, -0.2) is 54.6 Å². The van der Waals surface area contributed by atoms with Gasteiger partial charge in [0.15, 0.2) is 0 Å². The molecule has 0 saturated carbocycles. The number of aliphatic hydroxyl groups is 2. The van der Waals surface area contributed by atoms with Crippen LogP contribution in [0.3, 0.4) is 0 Å². The number of quaternary nitrogens is 1. The summed E-state index contributed by atoms with van der Waals surface area (Å²) in [6, 6.07) is 0.383. The fraction of sp³-hybridized carbons (Fsp3) is 1.00. The Morgan fingerprint density at radius 1 is 0.696 bits per heavy atom. The first-order chi connectivity index (χ1) is 10.6. The molecule has 0 heterocycles. The summed E-state index contributed by atoms with van der Waals surface area (Å²) >= 11 is 0. The Balaban J connectivity index is 0. The summed E-state index contributed by atoms with van der Waals surface area (Å²) in [6.45, 7) is 3.88. The monoisotopic (exact) mass is 351 g/mol. The minimum absolute atomic E-state index is 0. The molecule has 0 bridgehead atoms. The average Bonchev–Trinajstić information content (AvgIpc) is 2.49. The fourth-order valence-corrected chi connectivity index (χ4v) is 3.33. The van der Waals surface area contributed by atoms with Crippen LogP contribution in [0.5, 0.6) is 0 Å². The SMILES string of the molecule is CCCCCCCCCCCC[N+](C)(C)C(CCO)CCO.[Cl-]. The number of rotatable bonds is 16. The van der Waals surface area contributed by atoms with E-state index < -0.39 is 0 Å². The van der Waals surface area contributed by atoms with Gasteiger partial charge in [-0.3, -0.25) is 0 Å². The third-order valence-electron chi connectivity index (χ3n) is 5.00. The smallest absolute Gasteiger partial charge is 0.0930 e. The molecule has 3 nitrogen and oxygen atoms in total. The third-order valence-corrected chi connectivity index (χ3v) is 5.00. The van der Waals surface area contributed by atoms with Gasteiger partial charge in [-0.1, -0.05) is 58.3 Å². The van der Waals surface area contributed by atoms with E-state index in [2.05, 4.69) is 21.0 Å². The number of aliphatic hydroxyl groups excluding tert-OH is 2. The highest BCUT2D eigenvalue weighted by Crippen LogP contribution is 2.17. The van der Waals surface area contributed by atoms with Gasteiger partial charge >= 0.3 is 0 Å². The minimum atomic E-state index is 0. The van der Waals surface area contributed by atoms with Gasteiger partial charge in [-0.05, 0) is 12.8 Å². The van der Waals surface area contributed by atoms with Crippen LogP contribution in [0.15, 0.2) is 0 Å². The van der Waals surface area contributed by atoms with Gasteiger partial charge in [0.2, 0.25) is 0 Å². The highest BCUT2D eigenvalue weighted by molar-refractivity contribution is 4.58. The van der Waals surface area contributed by atoms with E-state index in [0.717, 1.165) is 23.9 Å². The molecular weight excluding hydrogens is 310 g/mol. The summed E-state index contributed by atoms with van der Waals surface area (Å²) in [5.41, 5.74) is 0. The van der Waals surface area contributed by atoms with E-state index in [0.29, 0.717) is 6.04 Å². The van der Waals surface area contributed by atoms with E-state index in [9.17, 15) is 10.2 Å². The highest BCUT2D eigenvalue weighted by atomic mass is 35.5. The minimum Gasteiger partial charge on any atom is -1.00 e. The van der Waals surface area contributed by atoms with Crippen molar-refractivity contribution in [1.29, 1.82) is 0 Å². The lowest BCUT2D eigenvalue weighted by Gasteiger charge is -2.38. The number of unbranched alkanes of at least 4 members (excludes halogenated alkanes) is 9. The summed E-state index contributed by atoms with van der Waals surface area (Å²) in [5, 5.41) is 18.4. The molecule has 0 amide bonds. The molecule has 0 atom stereocenters. The first-order valence-corrected chi connectivity index (χ1v) is 9.62. The van der Waals surface area contributed by atoms with E-state index >= 15 is 0 Å². The maximum atomic E-state index is 9.18. The second-order valence-corrected chi connectivity index (χ2v) is 7.36. The number of nitrogens with zero attached hydrogens (tertiary/aromatic N) is 1. The summed E-state index contributed by atoms with van der Waals surface area (Å²) in [6.07, 6.45) is 15.3. The van der Waals surface area contributed by atoms with Crippen LogP contribution in [0.1, 0.15) is 84.0 Å². The first kappa shape index (κ1) is 25.4. The molecule has 0 aromatic carbocycles. The van der Waals surface area contributed by atoms with E-state index in [-0.39, 0.29) is 25.6 Å².